The summed E-state index contributed by atoms with van der Waals surface area (Å²) >= 11 is 0. The molecule has 0 fully saturated rings. The van der Waals surface area contributed by atoms with Crippen molar-refractivity contribution >= 4 is 30.4 Å². The molecule has 0 saturated heterocycles. The number of hydrogen-bond donors (Lipinski definition) is 9. The van der Waals surface area contributed by atoms with Crippen LogP contribution in [0.15, 0.2) is 0 Å². The zero-order valence-corrected chi connectivity index (χ0v) is 14.0. The summed E-state index contributed by atoms with van der Waals surface area (Å²) in [5.74, 6) is 0. The van der Waals surface area contributed by atoms with E-state index in [4.69, 9.17) is 44.3 Å². The maximum absolute atomic E-state index is 11.2. The van der Waals surface area contributed by atoms with Gasteiger partial charge in [-0.25, -0.2) is 0 Å². The predicted molar refractivity (Wildman–Crippen MR) is 69.5 cm³/mol. The first-order valence-corrected chi connectivity index (χ1v) is 11.7. The van der Waals surface area contributed by atoms with E-state index < -0.39 is 59.5 Å². The van der Waals surface area contributed by atoms with E-state index >= 15 is 0 Å². The first-order chi connectivity index (χ1) is 9.44. The highest BCUT2D eigenvalue weighted by Crippen LogP contribution is 2.68. The van der Waals surface area contributed by atoms with Gasteiger partial charge in [-0.3, -0.25) is 23.2 Å². The van der Waals surface area contributed by atoms with Crippen LogP contribution in [0.2, 0.25) is 0 Å². The molecule has 0 aromatic rings. The van der Waals surface area contributed by atoms with E-state index in [1.54, 1.807) is 0 Å². The standard InChI is InChI=1S/C4H15NO13P4/c6-2-1-5(3(19(7,8)9)20(10,11)12)4(21(13,14)15)22(16,17)18/h3-4,6H,1-2H2,(H2,7,8,9)(H2,10,11,12)(H2,13,14,15)(H2,16,17,18). The van der Waals surface area contributed by atoms with Crippen molar-refractivity contribution in [2.75, 3.05) is 13.2 Å². The fourth-order valence-electron chi connectivity index (χ4n) is 1.63. The number of aliphatic hydroxyl groups excluding tert-OH is 1. The lowest BCUT2D eigenvalue weighted by Crippen LogP contribution is -2.44. The molecule has 14 nitrogen and oxygen atoms in total. The summed E-state index contributed by atoms with van der Waals surface area (Å²) in [6.07, 6.45) is 0. The normalized spacial score (nSPS) is 15.1. The third-order valence-electron chi connectivity index (χ3n) is 2.15. The molecule has 0 aliphatic carbocycles. The molecular weight excluding hydrogens is 394 g/mol. The summed E-state index contributed by atoms with van der Waals surface area (Å²) < 4.78 is 44.9. The zero-order valence-electron chi connectivity index (χ0n) is 10.5. The summed E-state index contributed by atoms with van der Waals surface area (Å²) in [7, 11) is -23.2. The number of aliphatic hydroxyl groups is 1. The Hall–Kier alpha value is 0.520. The van der Waals surface area contributed by atoms with E-state index in [2.05, 4.69) is 0 Å². The molecule has 0 aromatic heterocycles. The second kappa shape index (κ2) is 7.18. The molecule has 0 amide bonds. The topological polar surface area (TPSA) is 254 Å². The van der Waals surface area contributed by atoms with Crippen LogP contribution >= 0.6 is 30.4 Å². The summed E-state index contributed by atoms with van der Waals surface area (Å²) in [6, 6.07) is 0. The molecule has 0 radical (unpaired) electrons. The van der Waals surface area contributed by atoms with Crippen LogP contribution in [0.1, 0.15) is 0 Å². The smallest absolute Gasteiger partial charge is 0.355 e. The van der Waals surface area contributed by atoms with Crippen molar-refractivity contribution < 1.29 is 62.5 Å². The van der Waals surface area contributed by atoms with Crippen LogP contribution in [-0.2, 0) is 18.3 Å². The van der Waals surface area contributed by atoms with Crippen LogP contribution in [-0.4, -0.2) is 73.4 Å². The number of hydrogen-bond acceptors (Lipinski definition) is 6. The molecule has 0 unspecified atom stereocenters. The molecule has 0 aliphatic rings. The number of rotatable bonds is 8. The Morgan fingerprint density at radius 2 is 0.864 bits per heavy atom. The van der Waals surface area contributed by atoms with Gasteiger partial charge in [-0.15, -0.1) is 0 Å². The molecule has 0 bridgehead atoms. The van der Waals surface area contributed by atoms with Gasteiger partial charge < -0.3 is 44.3 Å². The lowest BCUT2D eigenvalue weighted by atomic mass is 10.6. The molecule has 0 saturated carbocycles. The molecule has 9 N–H and O–H groups in total. The summed E-state index contributed by atoms with van der Waals surface area (Å²) in [5.41, 5.74) is -6.50. The van der Waals surface area contributed by atoms with Gasteiger partial charge in [0.15, 0.2) is 0 Å². The monoisotopic (exact) mass is 409 g/mol. The maximum atomic E-state index is 11.2. The molecule has 0 aliphatic heterocycles. The predicted octanol–water partition coefficient (Wildman–Crippen LogP) is -2.44. The average molecular weight is 409 g/mol. The van der Waals surface area contributed by atoms with Crippen LogP contribution in [0.4, 0.5) is 0 Å². The Balaban J connectivity index is 6.39. The van der Waals surface area contributed by atoms with Crippen LogP contribution in [0.25, 0.3) is 0 Å². The van der Waals surface area contributed by atoms with E-state index in [1.807, 2.05) is 0 Å². The van der Waals surface area contributed by atoms with Gasteiger partial charge in [-0.05, 0) is 0 Å². The van der Waals surface area contributed by atoms with Crippen LogP contribution < -0.4 is 0 Å². The van der Waals surface area contributed by atoms with E-state index in [-0.39, 0.29) is 0 Å². The van der Waals surface area contributed by atoms with Crippen LogP contribution in [0.5, 0.6) is 0 Å². The third-order valence-corrected chi connectivity index (χ3v) is 9.36. The lowest BCUT2D eigenvalue weighted by Gasteiger charge is -2.37. The first-order valence-electron chi connectivity index (χ1n) is 5.01. The molecule has 0 heterocycles. The van der Waals surface area contributed by atoms with Gasteiger partial charge in [0.25, 0.3) is 0 Å². The molecule has 134 valence electrons. The van der Waals surface area contributed by atoms with Crippen molar-refractivity contribution in [3.05, 3.63) is 0 Å². The number of nitrogens with zero attached hydrogens (tertiary/aromatic N) is 1. The SMILES string of the molecule is O=P(O)(O)C(N(CCO)C(P(=O)(O)O)P(=O)(O)O)P(=O)(O)O. The molecule has 22 heavy (non-hydrogen) atoms. The van der Waals surface area contributed by atoms with E-state index in [1.165, 1.54) is 0 Å². The zero-order chi connectivity index (χ0) is 18.1. The van der Waals surface area contributed by atoms with Crippen molar-refractivity contribution in [3.8, 4) is 0 Å². The molecule has 0 aromatic carbocycles. The highest BCUT2D eigenvalue weighted by atomic mass is 31.2. The van der Waals surface area contributed by atoms with Gasteiger partial charge in [0.2, 0.25) is 11.0 Å². The molecule has 0 atom stereocenters. The van der Waals surface area contributed by atoms with Gasteiger partial charge in [-0.1, -0.05) is 0 Å². The van der Waals surface area contributed by atoms with E-state index in [0.717, 1.165) is 0 Å². The summed E-state index contributed by atoms with van der Waals surface area (Å²) in [4.78, 5) is 71.4. The Bertz CT molecular complexity index is 473. The van der Waals surface area contributed by atoms with Gasteiger partial charge in [-0.2, -0.15) is 0 Å². The summed E-state index contributed by atoms with van der Waals surface area (Å²) in [6.45, 7) is -2.39. The van der Waals surface area contributed by atoms with E-state index in [0.29, 0.717) is 0 Å². The van der Waals surface area contributed by atoms with Crippen molar-refractivity contribution in [1.29, 1.82) is 0 Å². The second-order valence-corrected chi connectivity index (χ2v) is 11.5. The highest BCUT2D eigenvalue weighted by Gasteiger charge is 2.58. The van der Waals surface area contributed by atoms with Crippen molar-refractivity contribution in [1.82, 2.24) is 4.90 Å². The Kier molecular flexibility index (Phi) is 7.35. The van der Waals surface area contributed by atoms with Crippen molar-refractivity contribution in [2.24, 2.45) is 0 Å². The lowest BCUT2D eigenvalue weighted by molar-refractivity contribution is 0.165. The maximum Gasteiger partial charge on any atom is 0.355 e. The minimum atomic E-state index is -5.81. The van der Waals surface area contributed by atoms with Crippen molar-refractivity contribution in [3.63, 3.8) is 0 Å². The van der Waals surface area contributed by atoms with Crippen LogP contribution in [0.3, 0.4) is 0 Å². The largest absolute Gasteiger partial charge is 0.395 e. The minimum Gasteiger partial charge on any atom is -0.395 e. The van der Waals surface area contributed by atoms with Gasteiger partial charge in [0.1, 0.15) is 0 Å². The molecule has 0 spiro atoms. The van der Waals surface area contributed by atoms with Gasteiger partial charge in [0, 0.05) is 6.54 Å². The second-order valence-electron chi connectivity index (χ2n) is 4.01. The van der Waals surface area contributed by atoms with Gasteiger partial charge >= 0.3 is 30.4 Å². The Morgan fingerprint density at radius 3 is 1.00 bits per heavy atom. The highest BCUT2D eigenvalue weighted by molar-refractivity contribution is 7.72. The Morgan fingerprint density at radius 1 is 0.636 bits per heavy atom. The molecule has 18 heteroatoms. The first kappa shape index (κ1) is 22.5. The van der Waals surface area contributed by atoms with Crippen molar-refractivity contribution in [2.45, 2.75) is 11.0 Å². The van der Waals surface area contributed by atoms with E-state index in [9.17, 15) is 18.3 Å². The average Bonchev–Trinajstić information content (AvgIpc) is 2.06. The van der Waals surface area contributed by atoms with Gasteiger partial charge in [0.05, 0.1) is 6.61 Å². The third kappa shape index (κ3) is 6.20. The Labute approximate surface area is 123 Å². The van der Waals surface area contributed by atoms with Crippen LogP contribution in [0, 0.1) is 0 Å². The summed E-state index contributed by atoms with van der Waals surface area (Å²) in [5, 5.41) is 8.74. The minimum absolute atomic E-state index is 0.455. The fourth-order valence-corrected chi connectivity index (χ4v) is 7.73. The molecule has 0 rings (SSSR count). The fraction of sp³-hybridized carbons (Fsp3) is 1.00. The molecular formula is C4H15NO13P4. The quantitative estimate of drug-likeness (QED) is 0.189.